The lowest BCUT2D eigenvalue weighted by Crippen LogP contribution is -2.37. The molecule has 0 amide bonds. The van der Waals surface area contributed by atoms with Gasteiger partial charge in [-0.25, -0.2) is 4.39 Å². The SMILES string of the molecule is CCCCC1CCC(C(Cc2cccc(F)c2)NC)CC1. The third kappa shape index (κ3) is 5.10. The minimum Gasteiger partial charge on any atom is -0.316 e. The Morgan fingerprint density at radius 2 is 2.00 bits per heavy atom. The quantitative estimate of drug-likeness (QED) is 0.749. The van der Waals surface area contributed by atoms with E-state index in [1.807, 2.05) is 19.2 Å². The van der Waals surface area contributed by atoms with E-state index in [9.17, 15) is 4.39 Å². The van der Waals surface area contributed by atoms with Crippen LogP contribution in [0.5, 0.6) is 0 Å². The predicted octanol–water partition coefficient (Wildman–Crippen LogP) is 4.95. The Morgan fingerprint density at radius 1 is 1.24 bits per heavy atom. The highest BCUT2D eigenvalue weighted by atomic mass is 19.1. The Bertz CT molecular complexity index is 410. The highest BCUT2D eigenvalue weighted by Crippen LogP contribution is 2.34. The van der Waals surface area contributed by atoms with E-state index in [1.54, 1.807) is 6.07 Å². The van der Waals surface area contributed by atoms with Gasteiger partial charge in [0.2, 0.25) is 0 Å². The van der Waals surface area contributed by atoms with E-state index in [4.69, 9.17) is 0 Å². The highest BCUT2D eigenvalue weighted by molar-refractivity contribution is 5.17. The summed E-state index contributed by atoms with van der Waals surface area (Å²) in [5, 5.41) is 3.48. The summed E-state index contributed by atoms with van der Waals surface area (Å²) >= 11 is 0. The van der Waals surface area contributed by atoms with Gasteiger partial charge in [-0.1, -0.05) is 51.2 Å². The molecule has 1 saturated carbocycles. The third-order valence-electron chi connectivity index (χ3n) is 5.14. The van der Waals surface area contributed by atoms with Crippen molar-refractivity contribution < 1.29 is 4.39 Å². The van der Waals surface area contributed by atoms with Crippen LogP contribution in [0.2, 0.25) is 0 Å². The maximum atomic E-state index is 13.3. The molecule has 1 aliphatic rings. The zero-order chi connectivity index (χ0) is 15.1. The number of rotatable bonds is 7. The van der Waals surface area contributed by atoms with E-state index in [2.05, 4.69) is 12.2 Å². The van der Waals surface area contributed by atoms with E-state index >= 15 is 0 Å². The first-order chi connectivity index (χ1) is 10.2. The fourth-order valence-corrected chi connectivity index (χ4v) is 3.79. The van der Waals surface area contributed by atoms with Gasteiger partial charge in [-0.05, 0) is 55.8 Å². The fraction of sp³-hybridized carbons (Fsp3) is 0.684. The van der Waals surface area contributed by atoms with Crippen molar-refractivity contribution in [1.29, 1.82) is 0 Å². The summed E-state index contributed by atoms with van der Waals surface area (Å²) in [7, 11) is 2.05. The number of benzene rings is 1. The predicted molar refractivity (Wildman–Crippen MR) is 87.9 cm³/mol. The molecule has 1 N–H and O–H groups in total. The molecule has 2 heteroatoms. The molecule has 1 aromatic rings. The molecule has 118 valence electrons. The van der Waals surface area contributed by atoms with Crippen LogP contribution >= 0.6 is 0 Å². The Morgan fingerprint density at radius 3 is 2.62 bits per heavy atom. The van der Waals surface area contributed by atoms with Crippen LogP contribution in [0.1, 0.15) is 57.4 Å². The number of hydrogen-bond donors (Lipinski definition) is 1. The normalized spacial score (nSPS) is 24.0. The van der Waals surface area contributed by atoms with Crippen LogP contribution in [0, 0.1) is 17.7 Å². The standard InChI is InChI=1S/C19H30FN/c1-3-4-6-15-9-11-17(12-10-15)19(21-2)14-16-7-5-8-18(20)13-16/h5,7-8,13,15,17,19,21H,3-4,6,9-12,14H2,1-2H3. The van der Waals surface area contributed by atoms with Crippen LogP contribution in [-0.2, 0) is 6.42 Å². The molecule has 2 rings (SSSR count). The zero-order valence-electron chi connectivity index (χ0n) is 13.6. The highest BCUT2D eigenvalue weighted by Gasteiger charge is 2.26. The van der Waals surface area contributed by atoms with Gasteiger partial charge in [0.05, 0.1) is 0 Å². The van der Waals surface area contributed by atoms with Gasteiger partial charge in [0.25, 0.3) is 0 Å². The summed E-state index contributed by atoms with van der Waals surface area (Å²) in [6, 6.07) is 7.55. The molecule has 0 saturated heterocycles. The number of nitrogens with one attached hydrogen (secondary N) is 1. The molecule has 1 aliphatic carbocycles. The lowest BCUT2D eigenvalue weighted by atomic mass is 9.75. The molecule has 1 unspecified atom stereocenters. The summed E-state index contributed by atoms with van der Waals surface area (Å²) in [4.78, 5) is 0. The Balaban J connectivity index is 1.85. The molecule has 0 radical (unpaired) electrons. The lowest BCUT2D eigenvalue weighted by Gasteiger charge is -2.34. The van der Waals surface area contributed by atoms with Crippen LogP contribution in [0.15, 0.2) is 24.3 Å². The first-order valence-corrected chi connectivity index (χ1v) is 8.64. The van der Waals surface area contributed by atoms with Gasteiger partial charge < -0.3 is 5.32 Å². The second-order valence-electron chi connectivity index (χ2n) is 6.65. The molecule has 0 aliphatic heterocycles. The number of halogens is 1. The van der Waals surface area contributed by atoms with Crippen LogP contribution in [-0.4, -0.2) is 13.1 Å². The van der Waals surface area contributed by atoms with Gasteiger partial charge >= 0.3 is 0 Å². The average molecular weight is 291 g/mol. The third-order valence-corrected chi connectivity index (χ3v) is 5.14. The summed E-state index contributed by atoms with van der Waals surface area (Å²) in [6.07, 6.45) is 10.5. The molecule has 1 nitrogen and oxygen atoms in total. The topological polar surface area (TPSA) is 12.0 Å². The molecular formula is C19H30FN. The molecular weight excluding hydrogens is 261 g/mol. The van der Waals surface area contributed by atoms with Crippen LogP contribution < -0.4 is 5.32 Å². The van der Waals surface area contributed by atoms with E-state index in [1.165, 1.54) is 51.0 Å². The molecule has 0 spiro atoms. The molecule has 1 fully saturated rings. The van der Waals surface area contributed by atoms with Gasteiger partial charge in [0, 0.05) is 6.04 Å². The summed E-state index contributed by atoms with van der Waals surface area (Å²) in [5.74, 6) is 1.58. The van der Waals surface area contributed by atoms with Crippen LogP contribution in [0.25, 0.3) is 0 Å². The Labute approximate surface area is 129 Å². The van der Waals surface area contributed by atoms with Crippen molar-refractivity contribution in [3.8, 4) is 0 Å². The minimum atomic E-state index is -0.120. The second-order valence-corrected chi connectivity index (χ2v) is 6.65. The molecule has 1 aromatic carbocycles. The molecule has 0 heterocycles. The van der Waals surface area contributed by atoms with Crippen molar-refractivity contribution in [2.45, 2.75) is 64.3 Å². The zero-order valence-corrected chi connectivity index (χ0v) is 13.6. The smallest absolute Gasteiger partial charge is 0.123 e. The largest absolute Gasteiger partial charge is 0.316 e. The van der Waals surface area contributed by atoms with Crippen molar-refractivity contribution in [2.24, 2.45) is 11.8 Å². The van der Waals surface area contributed by atoms with Gasteiger partial charge in [-0.15, -0.1) is 0 Å². The van der Waals surface area contributed by atoms with Crippen molar-refractivity contribution in [2.75, 3.05) is 7.05 Å². The molecule has 0 bridgehead atoms. The maximum Gasteiger partial charge on any atom is 0.123 e. The van der Waals surface area contributed by atoms with Crippen molar-refractivity contribution in [1.82, 2.24) is 5.32 Å². The van der Waals surface area contributed by atoms with Gasteiger partial charge in [-0.3, -0.25) is 0 Å². The van der Waals surface area contributed by atoms with Crippen LogP contribution in [0.3, 0.4) is 0 Å². The van der Waals surface area contributed by atoms with Crippen LogP contribution in [0.4, 0.5) is 4.39 Å². The number of unbranched alkanes of at least 4 members (excludes halogenated alkanes) is 1. The van der Waals surface area contributed by atoms with Gasteiger partial charge in [0.15, 0.2) is 0 Å². The first kappa shape index (κ1) is 16.5. The lowest BCUT2D eigenvalue weighted by molar-refractivity contribution is 0.216. The summed E-state index contributed by atoms with van der Waals surface area (Å²) < 4.78 is 13.3. The fourth-order valence-electron chi connectivity index (χ4n) is 3.79. The number of likely N-dealkylation sites (N-methyl/N-ethyl adjacent to an activating group) is 1. The number of hydrogen-bond acceptors (Lipinski definition) is 1. The maximum absolute atomic E-state index is 13.3. The minimum absolute atomic E-state index is 0.120. The van der Waals surface area contributed by atoms with Gasteiger partial charge in [-0.2, -0.15) is 0 Å². The Kier molecular flexibility index (Phi) is 6.69. The Hall–Kier alpha value is -0.890. The van der Waals surface area contributed by atoms with Crippen molar-refractivity contribution in [3.05, 3.63) is 35.6 Å². The van der Waals surface area contributed by atoms with Gasteiger partial charge in [0.1, 0.15) is 5.82 Å². The monoisotopic (exact) mass is 291 g/mol. The van der Waals surface area contributed by atoms with E-state index < -0.39 is 0 Å². The molecule has 1 atom stereocenters. The van der Waals surface area contributed by atoms with E-state index in [0.717, 1.165) is 23.8 Å². The van der Waals surface area contributed by atoms with Crippen molar-refractivity contribution in [3.63, 3.8) is 0 Å². The average Bonchev–Trinajstić information content (AvgIpc) is 2.51. The first-order valence-electron chi connectivity index (χ1n) is 8.64. The van der Waals surface area contributed by atoms with E-state index in [0.29, 0.717) is 6.04 Å². The second kappa shape index (κ2) is 8.53. The molecule has 0 aromatic heterocycles. The molecule has 21 heavy (non-hydrogen) atoms. The summed E-state index contributed by atoms with van der Waals surface area (Å²) in [5.41, 5.74) is 1.11. The van der Waals surface area contributed by atoms with E-state index in [-0.39, 0.29) is 5.82 Å². The summed E-state index contributed by atoms with van der Waals surface area (Å²) in [6.45, 7) is 2.28. The van der Waals surface area contributed by atoms with Crippen molar-refractivity contribution >= 4 is 0 Å².